The maximum Gasteiger partial charge on any atom is 0.423 e. The van der Waals surface area contributed by atoms with E-state index in [0.29, 0.717) is 38.8 Å². The van der Waals surface area contributed by atoms with Crippen LogP contribution in [0.4, 0.5) is 17.6 Å². The Morgan fingerprint density at radius 3 is 2.38 bits per heavy atom. The number of para-hydroxylation sites is 1. The summed E-state index contributed by atoms with van der Waals surface area (Å²) in [4.78, 5) is 11.4. The number of rotatable bonds is 6. The third-order valence-corrected chi connectivity index (χ3v) is 6.66. The molecule has 5 aromatic rings. The monoisotopic (exact) mass is 511 g/mol. The molecule has 0 fully saturated rings. The van der Waals surface area contributed by atoms with E-state index in [4.69, 9.17) is 0 Å². The van der Waals surface area contributed by atoms with Gasteiger partial charge in [0, 0.05) is 22.0 Å². The molecule has 0 saturated carbocycles. The number of nitrogens with zero attached hydrogens (tertiary/aromatic N) is 3. The summed E-state index contributed by atoms with van der Waals surface area (Å²) >= 11 is 0. The molecule has 0 amide bonds. The second-order valence-electron chi connectivity index (χ2n) is 8.90. The molecule has 10 heteroatoms. The van der Waals surface area contributed by atoms with Crippen LogP contribution in [0.5, 0.6) is 0 Å². The van der Waals surface area contributed by atoms with Gasteiger partial charge in [-0.15, -0.1) is 0 Å². The first-order valence-corrected chi connectivity index (χ1v) is 11.3. The van der Waals surface area contributed by atoms with Gasteiger partial charge in [-0.25, -0.2) is 9.07 Å². The summed E-state index contributed by atoms with van der Waals surface area (Å²) < 4.78 is 59.6. The number of carbonyl (C=O) groups is 1. The van der Waals surface area contributed by atoms with E-state index in [1.807, 2.05) is 0 Å². The Morgan fingerprint density at radius 1 is 1.00 bits per heavy atom. The van der Waals surface area contributed by atoms with E-state index in [2.05, 4.69) is 5.10 Å². The number of aliphatic hydroxyl groups is 1. The normalized spacial score (nSPS) is 13.8. The Hall–Kier alpha value is -4.18. The first-order chi connectivity index (χ1) is 17.5. The second-order valence-corrected chi connectivity index (χ2v) is 8.90. The van der Waals surface area contributed by atoms with Crippen LogP contribution in [-0.2, 0) is 23.4 Å². The molecule has 0 bridgehead atoms. The quantitative estimate of drug-likeness (QED) is 0.295. The molecule has 2 heterocycles. The van der Waals surface area contributed by atoms with Crippen LogP contribution in [0.15, 0.2) is 72.9 Å². The van der Waals surface area contributed by atoms with Crippen molar-refractivity contribution in [2.75, 3.05) is 0 Å². The number of carboxylic acid groups (broad SMARTS) is 1. The van der Waals surface area contributed by atoms with Gasteiger partial charge >= 0.3 is 12.1 Å². The first-order valence-electron chi connectivity index (χ1n) is 11.3. The number of fused-ring (bicyclic) bond motifs is 2. The average molecular weight is 511 g/mol. The number of aromatic nitrogens is 3. The lowest BCUT2D eigenvalue weighted by molar-refractivity contribution is -0.271. The highest BCUT2D eigenvalue weighted by Crippen LogP contribution is 2.43. The summed E-state index contributed by atoms with van der Waals surface area (Å²) in [5, 5.41) is 25.7. The van der Waals surface area contributed by atoms with Crippen molar-refractivity contribution < 1.29 is 32.6 Å². The molecule has 190 valence electrons. The fourth-order valence-corrected chi connectivity index (χ4v) is 4.73. The van der Waals surface area contributed by atoms with Gasteiger partial charge in [0.25, 0.3) is 0 Å². The van der Waals surface area contributed by atoms with Gasteiger partial charge in [-0.2, -0.15) is 18.3 Å². The minimum atomic E-state index is -5.06. The zero-order valence-electron chi connectivity index (χ0n) is 19.5. The van der Waals surface area contributed by atoms with E-state index in [0.717, 1.165) is 0 Å². The van der Waals surface area contributed by atoms with Gasteiger partial charge in [-0.3, -0.25) is 4.79 Å². The summed E-state index contributed by atoms with van der Waals surface area (Å²) in [6, 6.07) is 15.9. The van der Waals surface area contributed by atoms with Gasteiger partial charge in [0.2, 0.25) is 5.60 Å². The first kappa shape index (κ1) is 24.5. The van der Waals surface area contributed by atoms with Gasteiger partial charge in [0.15, 0.2) is 0 Å². The Bertz CT molecular complexity index is 1640. The molecule has 37 heavy (non-hydrogen) atoms. The zero-order chi connectivity index (χ0) is 26.5. The molecule has 0 saturated heterocycles. The predicted octanol–water partition coefficient (Wildman–Crippen LogP) is 5.50. The van der Waals surface area contributed by atoms with E-state index < -0.39 is 30.1 Å². The lowest BCUT2D eigenvalue weighted by atomic mass is 9.91. The number of carboxylic acids is 1. The van der Waals surface area contributed by atoms with Crippen LogP contribution in [0.3, 0.4) is 0 Å². The van der Waals surface area contributed by atoms with Gasteiger partial charge in [0.05, 0.1) is 30.4 Å². The van der Waals surface area contributed by atoms with Gasteiger partial charge in [0.1, 0.15) is 5.82 Å². The van der Waals surface area contributed by atoms with Crippen molar-refractivity contribution in [3.63, 3.8) is 0 Å². The summed E-state index contributed by atoms with van der Waals surface area (Å²) in [7, 11) is 0. The Balaban J connectivity index is 1.62. The number of alkyl halides is 3. The van der Waals surface area contributed by atoms with Crippen molar-refractivity contribution in [2.45, 2.75) is 31.7 Å². The lowest BCUT2D eigenvalue weighted by Gasteiger charge is -2.32. The standard InChI is InChI=1S/C27H21F4N3O3/c1-16-22(13-25(35)36)21-4-2-3-5-24(21)33(16)15-26(37,27(29,30)31)18-6-11-23-17(12-18)14-32-34(23)20-9-7-19(28)8-10-20/h2-12,14,37H,13,15H2,1H3,(H,35,36). The molecule has 0 aliphatic heterocycles. The van der Waals surface area contributed by atoms with Crippen LogP contribution in [0.2, 0.25) is 0 Å². The maximum atomic E-state index is 14.5. The number of benzene rings is 3. The largest absolute Gasteiger partial charge is 0.481 e. The highest BCUT2D eigenvalue weighted by molar-refractivity contribution is 5.89. The number of halogens is 4. The van der Waals surface area contributed by atoms with Gasteiger partial charge < -0.3 is 14.8 Å². The molecule has 2 N–H and O–H groups in total. The van der Waals surface area contributed by atoms with E-state index in [-0.39, 0.29) is 12.0 Å². The molecule has 0 aliphatic rings. The van der Waals surface area contributed by atoms with Crippen LogP contribution < -0.4 is 0 Å². The smallest absolute Gasteiger partial charge is 0.423 e. The fraction of sp³-hybridized carbons (Fsp3) is 0.185. The van der Waals surface area contributed by atoms with Crippen LogP contribution in [0, 0.1) is 12.7 Å². The van der Waals surface area contributed by atoms with Crippen molar-refractivity contribution >= 4 is 27.8 Å². The third-order valence-electron chi connectivity index (χ3n) is 6.66. The van der Waals surface area contributed by atoms with Crippen LogP contribution in [0.25, 0.3) is 27.5 Å². The number of hydrogen-bond donors (Lipinski definition) is 2. The number of aliphatic carboxylic acids is 1. The van der Waals surface area contributed by atoms with E-state index in [1.165, 1.54) is 57.9 Å². The molecular formula is C27H21F4N3O3. The number of hydrogen-bond acceptors (Lipinski definition) is 3. The lowest BCUT2D eigenvalue weighted by Crippen LogP contribution is -2.46. The molecule has 0 spiro atoms. The van der Waals surface area contributed by atoms with E-state index in [1.54, 1.807) is 31.2 Å². The Kier molecular flexibility index (Phi) is 5.79. The van der Waals surface area contributed by atoms with Gasteiger partial charge in [-0.1, -0.05) is 24.3 Å². The van der Waals surface area contributed by atoms with Crippen molar-refractivity contribution in [3.8, 4) is 5.69 Å². The summed E-state index contributed by atoms with van der Waals surface area (Å²) in [5.74, 6) is -1.54. The summed E-state index contributed by atoms with van der Waals surface area (Å²) in [5.41, 5.74) is -1.55. The van der Waals surface area contributed by atoms with Crippen molar-refractivity contribution in [1.82, 2.24) is 14.3 Å². The Morgan fingerprint density at radius 2 is 1.70 bits per heavy atom. The molecular weight excluding hydrogens is 490 g/mol. The van der Waals surface area contributed by atoms with Crippen LogP contribution in [0.1, 0.15) is 16.8 Å². The molecule has 3 aromatic carbocycles. The molecule has 1 unspecified atom stereocenters. The highest BCUT2D eigenvalue weighted by atomic mass is 19.4. The maximum absolute atomic E-state index is 14.5. The average Bonchev–Trinajstić information content (AvgIpc) is 3.38. The minimum absolute atomic E-state index is 0.330. The fourth-order valence-electron chi connectivity index (χ4n) is 4.73. The van der Waals surface area contributed by atoms with Crippen molar-refractivity contribution in [1.29, 1.82) is 0 Å². The molecule has 0 aliphatic carbocycles. The second kappa shape index (κ2) is 8.74. The molecule has 1 atom stereocenters. The van der Waals surface area contributed by atoms with E-state index in [9.17, 15) is 32.6 Å². The van der Waals surface area contributed by atoms with Crippen molar-refractivity contribution in [2.24, 2.45) is 0 Å². The molecule has 0 radical (unpaired) electrons. The Labute approximate surface area is 208 Å². The molecule has 6 nitrogen and oxygen atoms in total. The topological polar surface area (TPSA) is 80.3 Å². The third kappa shape index (κ3) is 4.13. The summed E-state index contributed by atoms with van der Waals surface area (Å²) in [6.07, 6.45) is -4.04. The van der Waals surface area contributed by atoms with Crippen molar-refractivity contribution in [3.05, 3.63) is 95.6 Å². The SMILES string of the molecule is Cc1c(CC(=O)O)c2ccccc2n1CC(O)(c1ccc2c(cnn2-c2ccc(F)cc2)c1)C(F)(F)F. The minimum Gasteiger partial charge on any atom is -0.481 e. The van der Waals surface area contributed by atoms with Crippen LogP contribution >= 0.6 is 0 Å². The van der Waals surface area contributed by atoms with Gasteiger partial charge in [-0.05, 0) is 60.5 Å². The summed E-state index contributed by atoms with van der Waals surface area (Å²) in [6.45, 7) is 0.672. The van der Waals surface area contributed by atoms with Crippen LogP contribution in [-0.4, -0.2) is 36.7 Å². The molecule has 2 aromatic heterocycles. The highest BCUT2D eigenvalue weighted by Gasteiger charge is 2.55. The predicted molar refractivity (Wildman–Crippen MR) is 129 cm³/mol. The zero-order valence-corrected chi connectivity index (χ0v) is 19.5. The molecule has 5 rings (SSSR count). The van der Waals surface area contributed by atoms with E-state index >= 15 is 0 Å².